The van der Waals surface area contributed by atoms with Crippen LogP contribution in [-0.4, -0.2) is 26.7 Å². The first-order valence-corrected chi connectivity index (χ1v) is 9.16. The van der Waals surface area contributed by atoms with Crippen LogP contribution in [0.1, 0.15) is 47.2 Å². The van der Waals surface area contributed by atoms with E-state index in [1.807, 2.05) is 42.6 Å². The van der Waals surface area contributed by atoms with Crippen molar-refractivity contribution in [3.05, 3.63) is 77.9 Å². The highest BCUT2D eigenvalue weighted by atomic mass is 16.1. The zero-order valence-corrected chi connectivity index (χ0v) is 14.9. The standard InChI is InChI=1S/C22H20N4O/c27-22(25-20-6-1-2-7-20)19-10-11-21(26-14-4-13-24-26)18(15-19)9-8-17-5-3-12-23-16-17/h3-5,10-16,20H,1-2,6-7H2,(H,25,27). The maximum Gasteiger partial charge on any atom is 0.251 e. The van der Waals surface area contributed by atoms with Crippen LogP contribution in [0.15, 0.2) is 61.2 Å². The van der Waals surface area contributed by atoms with Gasteiger partial charge in [-0.15, -0.1) is 0 Å². The number of aromatic nitrogens is 3. The van der Waals surface area contributed by atoms with Gasteiger partial charge in [0.15, 0.2) is 0 Å². The largest absolute Gasteiger partial charge is 0.349 e. The molecule has 1 N–H and O–H groups in total. The summed E-state index contributed by atoms with van der Waals surface area (Å²) in [6, 6.07) is 11.5. The summed E-state index contributed by atoms with van der Waals surface area (Å²) in [6.07, 6.45) is 11.5. The Bertz CT molecular complexity index is 978. The first-order valence-electron chi connectivity index (χ1n) is 9.16. The maximum atomic E-state index is 12.6. The van der Waals surface area contributed by atoms with Crippen LogP contribution in [0.4, 0.5) is 0 Å². The van der Waals surface area contributed by atoms with E-state index in [0.29, 0.717) is 5.56 Å². The van der Waals surface area contributed by atoms with Gasteiger partial charge in [0.25, 0.3) is 5.91 Å². The van der Waals surface area contributed by atoms with E-state index in [4.69, 9.17) is 0 Å². The third-order valence-corrected chi connectivity index (χ3v) is 4.70. The van der Waals surface area contributed by atoms with E-state index < -0.39 is 0 Å². The van der Waals surface area contributed by atoms with Crippen LogP contribution in [0, 0.1) is 11.8 Å². The second kappa shape index (κ2) is 7.88. The summed E-state index contributed by atoms with van der Waals surface area (Å²) in [6.45, 7) is 0. The zero-order chi connectivity index (χ0) is 18.5. The molecule has 1 fully saturated rings. The van der Waals surface area contributed by atoms with Crippen molar-refractivity contribution in [3.63, 3.8) is 0 Å². The topological polar surface area (TPSA) is 59.8 Å². The molecule has 0 aliphatic heterocycles. The van der Waals surface area contributed by atoms with Crippen molar-refractivity contribution in [2.75, 3.05) is 0 Å². The molecule has 134 valence electrons. The molecule has 0 saturated heterocycles. The minimum Gasteiger partial charge on any atom is -0.349 e. The van der Waals surface area contributed by atoms with Gasteiger partial charge in [-0.05, 0) is 49.2 Å². The van der Waals surface area contributed by atoms with Crippen LogP contribution in [0.5, 0.6) is 0 Å². The molecule has 1 aliphatic carbocycles. The second-order valence-electron chi connectivity index (χ2n) is 6.63. The van der Waals surface area contributed by atoms with Gasteiger partial charge in [-0.25, -0.2) is 4.68 Å². The molecular formula is C22H20N4O. The van der Waals surface area contributed by atoms with Gasteiger partial charge in [0.05, 0.1) is 11.3 Å². The number of hydrogen-bond donors (Lipinski definition) is 1. The summed E-state index contributed by atoms with van der Waals surface area (Å²) >= 11 is 0. The van der Waals surface area contributed by atoms with Crippen LogP contribution in [0.25, 0.3) is 5.69 Å². The van der Waals surface area contributed by atoms with Crippen molar-refractivity contribution in [3.8, 4) is 17.5 Å². The SMILES string of the molecule is O=C(NC1CCCC1)c1ccc(-n2cccn2)c(C#Cc2cccnc2)c1. The maximum absolute atomic E-state index is 12.6. The van der Waals surface area contributed by atoms with E-state index in [1.54, 1.807) is 23.3 Å². The number of hydrogen-bond acceptors (Lipinski definition) is 3. The van der Waals surface area contributed by atoms with Crippen LogP contribution in [-0.2, 0) is 0 Å². The molecule has 1 aromatic carbocycles. The number of carbonyl (C=O) groups is 1. The Morgan fingerprint density at radius 3 is 2.74 bits per heavy atom. The monoisotopic (exact) mass is 356 g/mol. The van der Waals surface area contributed by atoms with Gasteiger partial charge < -0.3 is 5.32 Å². The fourth-order valence-electron chi connectivity index (χ4n) is 3.30. The number of rotatable bonds is 3. The Hall–Kier alpha value is -3.39. The summed E-state index contributed by atoms with van der Waals surface area (Å²) in [5.74, 6) is 6.25. The van der Waals surface area contributed by atoms with Gasteiger partial charge in [-0.2, -0.15) is 5.10 Å². The molecule has 2 heterocycles. The Labute approximate surface area is 158 Å². The van der Waals surface area contributed by atoms with Crippen molar-refractivity contribution >= 4 is 5.91 Å². The number of amides is 1. The third kappa shape index (κ3) is 4.06. The predicted octanol–water partition coefficient (Wildman–Crippen LogP) is 3.34. The van der Waals surface area contributed by atoms with Crippen LogP contribution >= 0.6 is 0 Å². The molecule has 1 aliphatic rings. The van der Waals surface area contributed by atoms with Gasteiger partial charge in [0.1, 0.15) is 0 Å². The van der Waals surface area contributed by atoms with E-state index in [-0.39, 0.29) is 11.9 Å². The van der Waals surface area contributed by atoms with Crippen molar-refractivity contribution in [2.45, 2.75) is 31.7 Å². The average Bonchev–Trinajstić information content (AvgIpc) is 3.41. The summed E-state index contributed by atoms with van der Waals surface area (Å²) in [7, 11) is 0. The lowest BCUT2D eigenvalue weighted by Crippen LogP contribution is -2.32. The number of nitrogens with one attached hydrogen (secondary N) is 1. The van der Waals surface area contributed by atoms with Crippen molar-refractivity contribution in [2.24, 2.45) is 0 Å². The lowest BCUT2D eigenvalue weighted by Gasteiger charge is -2.13. The molecule has 27 heavy (non-hydrogen) atoms. The molecular weight excluding hydrogens is 336 g/mol. The highest BCUT2D eigenvalue weighted by molar-refractivity contribution is 5.95. The Morgan fingerprint density at radius 2 is 2.00 bits per heavy atom. The highest BCUT2D eigenvalue weighted by Gasteiger charge is 2.18. The van der Waals surface area contributed by atoms with Gasteiger partial charge in [-0.3, -0.25) is 9.78 Å². The van der Waals surface area contributed by atoms with Gasteiger partial charge in [0, 0.05) is 42.0 Å². The van der Waals surface area contributed by atoms with E-state index in [2.05, 4.69) is 27.2 Å². The van der Waals surface area contributed by atoms with Crippen LogP contribution in [0.3, 0.4) is 0 Å². The summed E-state index contributed by atoms with van der Waals surface area (Å²) < 4.78 is 1.76. The fourth-order valence-corrected chi connectivity index (χ4v) is 3.30. The molecule has 1 amide bonds. The molecule has 5 nitrogen and oxygen atoms in total. The number of nitrogens with zero attached hydrogens (tertiary/aromatic N) is 3. The minimum atomic E-state index is -0.0432. The van der Waals surface area contributed by atoms with E-state index in [1.165, 1.54) is 12.8 Å². The molecule has 1 saturated carbocycles. The van der Waals surface area contributed by atoms with Gasteiger partial charge >= 0.3 is 0 Å². The number of carbonyl (C=O) groups excluding carboxylic acids is 1. The Kier molecular flexibility index (Phi) is 4.97. The normalized spacial score (nSPS) is 13.8. The average molecular weight is 356 g/mol. The predicted molar refractivity (Wildman–Crippen MR) is 104 cm³/mol. The van der Waals surface area contributed by atoms with E-state index >= 15 is 0 Å². The van der Waals surface area contributed by atoms with Crippen molar-refractivity contribution in [1.29, 1.82) is 0 Å². The van der Waals surface area contributed by atoms with E-state index in [0.717, 1.165) is 29.7 Å². The third-order valence-electron chi connectivity index (χ3n) is 4.70. The molecule has 4 rings (SSSR count). The van der Waals surface area contributed by atoms with Crippen molar-refractivity contribution < 1.29 is 4.79 Å². The first-order chi connectivity index (χ1) is 13.3. The number of pyridine rings is 1. The molecule has 0 spiro atoms. The fraction of sp³-hybridized carbons (Fsp3) is 0.227. The molecule has 5 heteroatoms. The van der Waals surface area contributed by atoms with Crippen molar-refractivity contribution in [1.82, 2.24) is 20.1 Å². The molecule has 0 unspecified atom stereocenters. The highest BCUT2D eigenvalue weighted by Crippen LogP contribution is 2.20. The van der Waals surface area contributed by atoms with Gasteiger partial charge in [-0.1, -0.05) is 24.7 Å². The second-order valence-corrected chi connectivity index (χ2v) is 6.63. The molecule has 0 radical (unpaired) electrons. The Balaban J connectivity index is 1.67. The lowest BCUT2D eigenvalue weighted by atomic mass is 10.1. The van der Waals surface area contributed by atoms with E-state index in [9.17, 15) is 4.79 Å². The Morgan fingerprint density at radius 1 is 1.11 bits per heavy atom. The summed E-state index contributed by atoms with van der Waals surface area (Å²) in [5.41, 5.74) is 3.04. The summed E-state index contributed by atoms with van der Waals surface area (Å²) in [5, 5.41) is 7.43. The van der Waals surface area contributed by atoms with Gasteiger partial charge in [0.2, 0.25) is 0 Å². The first kappa shape index (κ1) is 17.0. The van der Waals surface area contributed by atoms with Crippen LogP contribution in [0.2, 0.25) is 0 Å². The smallest absolute Gasteiger partial charge is 0.251 e. The zero-order valence-electron chi connectivity index (χ0n) is 14.9. The lowest BCUT2D eigenvalue weighted by molar-refractivity contribution is 0.0938. The molecule has 2 aromatic heterocycles. The summed E-state index contributed by atoms with van der Waals surface area (Å²) in [4.78, 5) is 16.7. The number of benzene rings is 1. The minimum absolute atomic E-state index is 0.0432. The molecule has 0 bridgehead atoms. The quantitative estimate of drug-likeness (QED) is 0.732. The molecule has 0 atom stereocenters. The molecule has 3 aromatic rings. The van der Waals surface area contributed by atoms with Crippen LogP contribution < -0.4 is 5.32 Å².